The number of aromatic nitrogens is 2. The number of nitrogens with zero attached hydrogens (tertiary/aromatic N) is 2. The first-order valence-corrected chi connectivity index (χ1v) is 7.73. The second-order valence-electron chi connectivity index (χ2n) is 4.88. The largest absolute Gasteiger partial charge is 0.320 e. The second kappa shape index (κ2) is 6.50. The summed E-state index contributed by atoms with van der Waals surface area (Å²) in [4.78, 5) is 25.4. The van der Waals surface area contributed by atoms with Gasteiger partial charge in [0.2, 0.25) is 0 Å². The Bertz CT molecular complexity index is 859. The van der Waals surface area contributed by atoms with Crippen molar-refractivity contribution < 1.29 is 9.59 Å². The average molecular weight is 323 g/mol. The van der Waals surface area contributed by atoms with Crippen LogP contribution >= 0.6 is 11.5 Å². The van der Waals surface area contributed by atoms with Gasteiger partial charge in [-0.05, 0) is 30.6 Å². The number of rotatable bonds is 4. The lowest BCUT2D eigenvalue weighted by Crippen LogP contribution is -2.15. The SMILES string of the molecule is Cc1nnsc1C(=O)Nc1ccccc1C(=O)c1ccccc1. The van der Waals surface area contributed by atoms with Crippen molar-refractivity contribution >= 4 is 28.9 Å². The number of carbonyl (C=O) groups is 2. The molecule has 0 unspecified atom stereocenters. The monoisotopic (exact) mass is 323 g/mol. The van der Waals surface area contributed by atoms with Crippen molar-refractivity contribution in [3.8, 4) is 0 Å². The number of ketones is 1. The maximum Gasteiger partial charge on any atom is 0.269 e. The molecule has 1 aromatic heterocycles. The molecular formula is C17H13N3O2S. The zero-order valence-electron chi connectivity index (χ0n) is 12.3. The van der Waals surface area contributed by atoms with Crippen LogP contribution in [0.15, 0.2) is 54.6 Å². The number of benzene rings is 2. The molecule has 1 N–H and O–H groups in total. The average Bonchev–Trinajstić information content (AvgIpc) is 3.02. The Morgan fingerprint density at radius 2 is 1.70 bits per heavy atom. The van der Waals surface area contributed by atoms with E-state index < -0.39 is 0 Å². The Hall–Kier alpha value is -2.86. The molecule has 0 radical (unpaired) electrons. The summed E-state index contributed by atoms with van der Waals surface area (Å²) in [5.74, 6) is -0.452. The second-order valence-corrected chi connectivity index (χ2v) is 5.64. The lowest BCUT2D eigenvalue weighted by molar-refractivity contribution is 0.103. The van der Waals surface area contributed by atoms with Gasteiger partial charge in [-0.15, -0.1) is 5.10 Å². The molecule has 0 saturated heterocycles. The van der Waals surface area contributed by atoms with Crippen LogP contribution < -0.4 is 5.32 Å². The third-order valence-corrected chi connectivity index (χ3v) is 4.14. The molecule has 114 valence electrons. The van der Waals surface area contributed by atoms with Gasteiger partial charge in [0.25, 0.3) is 5.91 Å². The Labute approximate surface area is 137 Å². The van der Waals surface area contributed by atoms with Crippen molar-refractivity contribution in [1.82, 2.24) is 9.59 Å². The fraction of sp³-hybridized carbons (Fsp3) is 0.0588. The van der Waals surface area contributed by atoms with Crippen LogP contribution in [-0.4, -0.2) is 21.3 Å². The van der Waals surface area contributed by atoms with E-state index in [-0.39, 0.29) is 11.7 Å². The van der Waals surface area contributed by atoms with Gasteiger partial charge in [-0.1, -0.05) is 47.0 Å². The van der Waals surface area contributed by atoms with Crippen molar-refractivity contribution in [2.75, 3.05) is 5.32 Å². The Kier molecular flexibility index (Phi) is 4.25. The maximum absolute atomic E-state index is 12.6. The quantitative estimate of drug-likeness (QED) is 0.748. The van der Waals surface area contributed by atoms with E-state index in [9.17, 15) is 9.59 Å². The summed E-state index contributed by atoms with van der Waals surface area (Å²) >= 11 is 1.03. The van der Waals surface area contributed by atoms with E-state index in [1.807, 2.05) is 6.07 Å². The van der Waals surface area contributed by atoms with Crippen LogP contribution in [0.3, 0.4) is 0 Å². The number of aryl methyl sites for hydroxylation is 1. The highest BCUT2D eigenvalue weighted by molar-refractivity contribution is 7.08. The lowest BCUT2D eigenvalue weighted by Gasteiger charge is -2.09. The van der Waals surface area contributed by atoms with E-state index in [4.69, 9.17) is 0 Å². The summed E-state index contributed by atoms with van der Waals surface area (Å²) in [5, 5.41) is 6.60. The van der Waals surface area contributed by atoms with Gasteiger partial charge < -0.3 is 5.32 Å². The maximum atomic E-state index is 12.6. The summed E-state index contributed by atoms with van der Waals surface area (Å²) in [5.41, 5.74) is 2.06. The number of hydrogen-bond donors (Lipinski definition) is 1. The van der Waals surface area contributed by atoms with E-state index in [0.717, 1.165) is 11.5 Å². The number of amides is 1. The molecule has 3 rings (SSSR count). The molecule has 2 aromatic carbocycles. The molecule has 0 saturated carbocycles. The molecule has 5 nitrogen and oxygen atoms in total. The van der Waals surface area contributed by atoms with Crippen molar-refractivity contribution in [2.45, 2.75) is 6.92 Å². The third-order valence-electron chi connectivity index (χ3n) is 3.31. The zero-order chi connectivity index (χ0) is 16.2. The van der Waals surface area contributed by atoms with Crippen LogP contribution in [0.5, 0.6) is 0 Å². The highest BCUT2D eigenvalue weighted by atomic mass is 32.1. The normalized spacial score (nSPS) is 10.3. The van der Waals surface area contributed by atoms with Crippen LogP contribution in [0.25, 0.3) is 0 Å². The molecule has 3 aromatic rings. The van der Waals surface area contributed by atoms with Gasteiger partial charge in [-0.3, -0.25) is 9.59 Å². The molecule has 0 bridgehead atoms. The van der Waals surface area contributed by atoms with Crippen LogP contribution in [0.2, 0.25) is 0 Å². The van der Waals surface area contributed by atoms with E-state index in [0.29, 0.717) is 27.4 Å². The Morgan fingerprint density at radius 3 is 2.39 bits per heavy atom. The van der Waals surface area contributed by atoms with E-state index >= 15 is 0 Å². The van der Waals surface area contributed by atoms with Gasteiger partial charge in [0.1, 0.15) is 4.88 Å². The molecular weight excluding hydrogens is 310 g/mol. The molecule has 0 aliphatic heterocycles. The minimum absolute atomic E-state index is 0.138. The number of nitrogens with one attached hydrogen (secondary N) is 1. The number of anilines is 1. The molecule has 0 atom stereocenters. The third kappa shape index (κ3) is 3.17. The molecule has 0 fully saturated rings. The molecule has 0 spiro atoms. The van der Waals surface area contributed by atoms with E-state index in [1.165, 1.54) is 0 Å². The molecule has 23 heavy (non-hydrogen) atoms. The molecule has 0 aliphatic carbocycles. The summed E-state index contributed by atoms with van der Waals surface area (Å²) in [7, 11) is 0. The van der Waals surface area contributed by atoms with Crippen LogP contribution in [-0.2, 0) is 0 Å². The van der Waals surface area contributed by atoms with Crippen LogP contribution in [0.4, 0.5) is 5.69 Å². The van der Waals surface area contributed by atoms with Crippen molar-refractivity contribution in [3.05, 3.63) is 76.3 Å². The van der Waals surface area contributed by atoms with Gasteiger partial charge in [0.05, 0.1) is 11.4 Å². The lowest BCUT2D eigenvalue weighted by atomic mass is 10.0. The fourth-order valence-electron chi connectivity index (χ4n) is 2.15. The first-order valence-electron chi connectivity index (χ1n) is 6.96. The Morgan fingerprint density at radius 1 is 1.00 bits per heavy atom. The van der Waals surface area contributed by atoms with Crippen LogP contribution in [0.1, 0.15) is 31.3 Å². The first-order chi connectivity index (χ1) is 11.2. The predicted octanol–water partition coefficient (Wildman–Crippen LogP) is 3.33. The van der Waals surface area contributed by atoms with E-state index in [2.05, 4.69) is 14.9 Å². The van der Waals surface area contributed by atoms with Gasteiger partial charge in [-0.2, -0.15) is 0 Å². The Balaban J connectivity index is 1.91. The molecule has 1 amide bonds. The summed E-state index contributed by atoms with van der Waals surface area (Å²) in [6.07, 6.45) is 0. The van der Waals surface area contributed by atoms with Gasteiger partial charge >= 0.3 is 0 Å². The number of para-hydroxylation sites is 1. The summed E-state index contributed by atoms with van der Waals surface area (Å²) in [6.45, 7) is 1.72. The fourth-order valence-corrected chi connectivity index (χ4v) is 2.71. The number of carbonyl (C=O) groups excluding carboxylic acids is 2. The zero-order valence-corrected chi connectivity index (χ0v) is 13.1. The molecule has 1 heterocycles. The first kappa shape index (κ1) is 15.1. The van der Waals surface area contributed by atoms with Gasteiger partial charge in [0.15, 0.2) is 5.78 Å². The summed E-state index contributed by atoms with van der Waals surface area (Å²) < 4.78 is 3.75. The highest BCUT2D eigenvalue weighted by Gasteiger charge is 2.18. The van der Waals surface area contributed by atoms with Crippen molar-refractivity contribution in [3.63, 3.8) is 0 Å². The summed E-state index contributed by atoms with van der Waals surface area (Å²) in [6, 6.07) is 15.9. The smallest absolute Gasteiger partial charge is 0.269 e. The highest BCUT2D eigenvalue weighted by Crippen LogP contribution is 2.21. The number of hydrogen-bond acceptors (Lipinski definition) is 5. The van der Waals surface area contributed by atoms with Crippen molar-refractivity contribution in [1.29, 1.82) is 0 Å². The van der Waals surface area contributed by atoms with Crippen molar-refractivity contribution in [2.24, 2.45) is 0 Å². The molecule has 0 aliphatic rings. The molecule has 6 heteroatoms. The van der Waals surface area contributed by atoms with Gasteiger partial charge in [0, 0.05) is 11.1 Å². The topological polar surface area (TPSA) is 72.0 Å². The minimum atomic E-state index is -0.314. The van der Waals surface area contributed by atoms with Crippen LogP contribution in [0, 0.1) is 6.92 Å². The predicted molar refractivity (Wildman–Crippen MR) is 88.9 cm³/mol. The van der Waals surface area contributed by atoms with E-state index in [1.54, 1.807) is 55.5 Å². The van der Waals surface area contributed by atoms with Gasteiger partial charge in [-0.25, -0.2) is 0 Å². The standard InChI is InChI=1S/C17H13N3O2S/c1-11-16(23-20-19-11)17(22)18-14-10-6-5-9-13(14)15(21)12-7-3-2-4-8-12/h2-10H,1H3,(H,18,22). The minimum Gasteiger partial charge on any atom is -0.320 e.